The van der Waals surface area contributed by atoms with E-state index in [1.165, 1.54) is 6.92 Å². The molecule has 17 heavy (non-hydrogen) atoms. The fourth-order valence-electron chi connectivity index (χ4n) is 1.39. The Kier molecular flexibility index (Phi) is 6.61. The van der Waals surface area contributed by atoms with Gasteiger partial charge in [-0.15, -0.1) is 0 Å². The average Bonchev–Trinajstić information content (AvgIpc) is 2.25. The van der Waals surface area contributed by atoms with Crippen molar-refractivity contribution in [2.75, 3.05) is 0 Å². The van der Waals surface area contributed by atoms with Gasteiger partial charge in [-0.25, -0.2) is 9.59 Å². The summed E-state index contributed by atoms with van der Waals surface area (Å²) in [6, 6.07) is -0.356. The van der Waals surface area contributed by atoms with Crippen molar-refractivity contribution in [1.29, 1.82) is 0 Å². The second-order valence-corrected chi connectivity index (χ2v) is 4.63. The third-order valence-corrected chi connectivity index (χ3v) is 2.94. The molecule has 0 bridgehead atoms. The van der Waals surface area contributed by atoms with E-state index in [0.717, 1.165) is 19.3 Å². The van der Waals surface area contributed by atoms with Gasteiger partial charge in [-0.3, -0.25) is 0 Å². The Hall–Kier alpha value is -1.26. The number of carbonyl (C=O) groups is 2. The van der Waals surface area contributed by atoms with Crippen LogP contribution in [0.4, 0.5) is 4.79 Å². The highest BCUT2D eigenvalue weighted by Crippen LogP contribution is 2.09. The number of hydrogen-bond acceptors (Lipinski definition) is 2. The predicted octanol–water partition coefficient (Wildman–Crippen LogP) is 2.12. The lowest BCUT2D eigenvalue weighted by Gasteiger charge is -2.25. The smallest absolute Gasteiger partial charge is 0.329 e. The highest BCUT2D eigenvalue weighted by Gasteiger charge is 2.32. The third-order valence-electron chi connectivity index (χ3n) is 2.94. The molecule has 0 aliphatic heterocycles. The Bertz CT molecular complexity index is 268. The van der Waals surface area contributed by atoms with E-state index in [1.54, 1.807) is 6.92 Å². The minimum absolute atomic E-state index is 0.0600. The van der Waals surface area contributed by atoms with E-state index in [1.807, 2.05) is 6.92 Å². The van der Waals surface area contributed by atoms with Gasteiger partial charge in [-0.1, -0.05) is 26.7 Å². The van der Waals surface area contributed by atoms with Gasteiger partial charge in [0, 0.05) is 6.04 Å². The highest BCUT2D eigenvalue weighted by molar-refractivity contribution is 5.85. The molecule has 0 heterocycles. The summed E-state index contributed by atoms with van der Waals surface area (Å²) in [5.41, 5.74) is -1.20. The van der Waals surface area contributed by atoms with Gasteiger partial charge in [0.1, 0.15) is 5.54 Å². The Morgan fingerprint density at radius 2 is 1.94 bits per heavy atom. The minimum atomic E-state index is -1.20. The predicted molar refractivity (Wildman–Crippen MR) is 67.0 cm³/mol. The molecule has 5 nitrogen and oxygen atoms in total. The number of hydrogen-bond donors (Lipinski definition) is 3. The number of rotatable bonds is 7. The number of aliphatic carboxylic acids is 1. The third kappa shape index (κ3) is 5.56. The van der Waals surface area contributed by atoms with E-state index < -0.39 is 17.5 Å². The summed E-state index contributed by atoms with van der Waals surface area (Å²) in [5.74, 6) is -1.02. The van der Waals surface area contributed by atoms with E-state index in [4.69, 9.17) is 5.11 Å². The van der Waals surface area contributed by atoms with Crippen LogP contribution in [-0.2, 0) is 4.79 Å². The molecule has 0 saturated carbocycles. The van der Waals surface area contributed by atoms with Crippen LogP contribution in [-0.4, -0.2) is 28.7 Å². The van der Waals surface area contributed by atoms with Crippen LogP contribution >= 0.6 is 0 Å². The zero-order valence-electron chi connectivity index (χ0n) is 11.2. The van der Waals surface area contributed by atoms with Gasteiger partial charge >= 0.3 is 12.0 Å². The normalized spacial score (nSPS) is 15.8. The quantitative estimate of drug-likeness (QED) is 0.642. The number of urea groups is 1. The highest BCUT2D eigenvalue weighted by atomic mass is 16.4. The number of carboxylic acid groups (broad SMARTS) is 1. The lowest BCUT2D eigenvalue weighted by molar-refractivity contribution is -0.143. The summed E-state index contributed by atoms with van der Waals surface area (Å²) < 4.78 is 0. The van der Waals surface area contributed by atoms with Crippen molar-refractivity contribution in [3.63, 3.8) is 0 Å². The summed E-state index contributed by atoms with van der Waals surface area (Å²) in [4.78, 5) is 22.6. The first kappa shape index (κ1) is 15.7. The van der Waals surface area contributed by atoms with Gasteiger partial charge in [0.05, 0.1) is 0 Å². The molecule has 2 unspecified atom stereocenters. The van der Waals surface area contributed by atoms with Crippen molar-refractivity contribution in [3.8, 4) is 0 Å². The summed E-state index contributed by atoms with van der Waals surface area (Å²) in [6.07, 6.45) is 3.37. The second kappa shape index (κ2) is 7.14. The Labute approximate surface area is 103 Å². The van der Waals surface area contributed by atoms with E-state index in [2.05, 4.69) is 17.6 Å². The van der Waals surface area contributed by atoms with Crippen molar-refractivity contribution in [3.05, 3.63) is 0 Å². The summed E-state index contributed by atoms with van der Waals surface area (Å²) in [6.45, 7) is 7.24. The molecular weight excluding hydrogens is 220 g/mol. The summed E-state index contributed by atoms with van der Waals surface area (Å²) in [5, 5.41) is 14.3. The molecule has 100 valence electrons. The average molecular weight is 244 g/mol. The Morgan fingerprint density at radius 3 is 2.35 bits per heavy atom. The van der Waals surface area contributed by atoms with Gasteiger partial charge < -0.3 is 15.7 Å². The van der Waals surface area contributed by atoms with Crippen molar-refractivity contribution >= 4 is 12.0 Å². The lowest BCUT2D eigenvalue weighted by Crippen LogP contribution is -2.56. The maximum atomic E-state index is 11.6. The molecule has 2 amide bonds. The molecule has 0 saturated heterocycles. The first-order valence-electron chi connectivity index (χ1n) is 6.17. The monoisotopic (exact) mass is 244 g/mol. The lowest BCUT2D eigenvalue weighted by atomic mass is 10.00. The van der Waals surface area contributed by atoms with Gasteiger partial charge in [-0.2, -0.15) is 0 Å². The fourth-order valence-corrected chi connectivity index (χ4v) is 1.39. The van der Waals surface area contributed by atoms with E-state index in [0.29, 0.717) is 6.42 Å². The zero-order chi connectivity index (χ0) is 13.5. The van der Waals surface area contributed by atoms with Gasteiger partial charge in [-0.05, 0) is 26.7 Å². The van der Waals surface area contributed by atoms with Crippen molar-refractivity contribution in [1.82, 2.24) is 10.6 Å². The van der Waals surface area contributed by atoms with Gasteiger partial charge in [0.25, 0.3) is 0 Å². The van der Waals surface area contributed by atoms with E-state index in [9.17, 15) is 9.59 Å². The number of nitrogens with one attached hydrogen (secondary N) is 2. The van der Waals surface area contributed by atoms with Crippen LogP contribution in [0.3, 0.4) is 0 Å². The molecule has 0 spiro atoms. The van der Waals surface area contributed by atoms with Crippen molar-refractivity contribution in [2.24, 2.45) is 0 Å². The zero-order valence-corrected chi connectivity index (χ0v) is 11.2. The van der Waals surface area contributed by atoms with Gasteiger partial charge in [0.2, 0.25) is 0 Å². The van der Waals surface area contributed by atoms with Crippen LogP contribution in [0.5, 0.6) is 0 Å². The number of amides is 2. The van der Waals surface area contributed by atoms with Crippen LogP contribution in [0.25, 0.3) is 0 Å². The van der Waals surface area contributed by atoms with Crippen LogP contribution in [0, 0.1) is 0 Å². The molecule has 0 rings (SSSR count). The largest absolute Gasteiger partial charge is 0.480 e. The van der Waals surface area contributed by atoms with Gasteiger partial charge in [0.15, 0.2) is 0 Å². The molecule has 0 aromatic heterocycles. The maximum Gasteiger partial charge on any atom is 0.329 e. The van der Waals surface area contributed by atoms with Crippen molar-refractivity contribution in [2.45, 2.75) is 65.0 Å². The van der Waals surface area contributed by atoms with Crippen LogP contribution < -0.4 is 10.6 Å². The molecule has 0 aliphatic carbocycles. The Balaban J connectivity index is 4.20. The van der Waals surface area contributed by atoms with E-state index >= 15 is 0 Å². The standard InChI is InChI=1S/C12H24N2O3/c1-5-7-8-9(3)13-11(17)14-12(4,6-2)10(15)16/h9H,5-8H2,1-4H3,(H,15,16)(H2,13,14,17). The Morgan fingerprint density at radius 1 is 1.35 bits per heavy atom. The van der Waals surface area contributed by atoms with Crippen molar-refractivity contribution < 1.29 is 14.7 Å². The van der Waals surface area contributed by atoms with Crippen LogP contribution in [0.1, 0.15) is 53.4 Å². The van der Waals surface area contributed by atoms with Crippen LogP contribution in [0.15, 0.2) is 0 Å². The minimum Gasteiger partial charge on any atom is -0.480 e. The topological polar surface area (TPSA) is 78.4 Å². The molecule has 0 aromatic rings. The molecule has 0 aromatic carbocycles. The molecule has 0 radical (unpaired) electrons. The first-order chi connectivity index (χ1) is 7.85. The molecule has 3 N–H and O–H groups in total. The number of carboxylic acids is 1. The summed E-state index contributed by atoms with van der Waals surface area (Å²) >= 11 is 0. The molecule has 0 aliphatic rings. The number of unbranched alkanes of at least 4 members (excludes halogenated alkanes) is 1. The fraction of sp³-hybridized carbons (Fsp3) is 0.833. The molecule has 5 heteroatoms. The van der Waals surface area contributed by atoms with E-state index in [-0.39, 0.29) is 6.04 Å². The van der Waals surface area contributed by atoms with Crippen LogP contribution in [0.2, 0.25) is 0 Å². The molecule has 0 fully saturated rings. The maximum absolute atomic E-state index is 11.6. The second-order valence-electron chi connectivity index (χ2n) is 4.63. The molecular formula is C12H24N2O3. The SMILES string of the molecule is CCCCC(C)NC(=O)NC(C)(CC)C(=O)O. The molecule has 2 atom stereocenters. The number of carbonyl (C=O) groups excluding carboxylic acids is 1. The first-order valence-corrected chi connectivity index (χ1v) is 6.17. The summed E-state index contributed by atoms with van der Waals surface area (Å²) in [7, 11) is 0.